The molecule has 2 aliphatic rings. The van der Waals surface area contributed by atoms with Gasteiger partial charge in [0.05, 0.1) is 0 Å². The standard InChI is InChI=1S/C9H18N2/c1-2-6-10-7-9(3-1)11-8-4-5-8/h8-11H,1-7H2. The molecule has 2 nitrogen and oxygen atoms in total. The van der Waals surface area contributed by atoms with Crippen molar-refractivity contribution in [3.05, 3.63) is 0 Å². The van der Waals surface area contributed by atoms with Gasteiger partial charge in [-0.3, -0.25) is 0 Å². The van der Waals surface area contributed by atoms with Crippen LogP contribution in [0.4, 0.5) is 0 Å². The van der Waals surface area contributed by atoms with Gasteiger partial charge in [0.15, 0.2) is 0 Å². The van der Waals surface area contributed by atoms with Crippen molar-refractivity contribution >= 4 is 0 Å². The van der Waals surface area contributed by atoms with Crippen molar-refractivity contribution in [2.75, 3.05) is 13.1 Å². The molecular weight excluding hydrogens is 136 g/mol. The maximum absolute atomic E-state index is 3.67. The normalized spacial score (nSPS) is 33.3. The highest BCUT2D eigenvalue weighted by Crippen LogP contribution is 2.20. The smallest absolute Gasteiger partial charge is 0.0195 e. The van der Waals surface area contributed by atoms with Crippen LogP contribution in [0.25, 0.3) is 0 Å². The number of hydrogen-bond acceptors (Lipinski definition) is 2. The predicted octanol–water partition coefficient (Wildman–Crippen LogP) is 0.880. The lowest BCUT2D eigenvalue weighted by atomic mass is 10.1. The Hall–Kier alpha value is -0.0800. The van der Waals surface area contributed by atoms with Crippen LogP contribution in [0.1, 0.15) is 32.1 Å². The van der Waals surface area contributed by atoms with Crippen LogP contribution in [0.5, 0.6) is 0 Å². The molecule has 1 heterocycles. The molecule has 1 unspecified atom stereocenters. The first kappa shape index (κ1) is 7.56. The first-order valence-corrected chi connectivity index (χ1v) is 4.92. The van der Waals surface area contributed by atoms with Gasteiger partial charge in [-0.15, -0.1) is 0 Å². The van der Waals surface area contributed by atoms with Gasteiger partial charge in [-0.1, -0.05) is 6.42 Å². The average Bonchev–Trinajstić information content (AvgIpc) is 2.77. The summed E-state index contributed by atoms with van der Waals surface area (Å²) in [4.78, 5) is 0. The summed E-state index contributed by atoms with van der Waals surface area (Å²) >= 11 is 0. The molecule has 2 heteroatoms. The fourth-order valence-corrected chi connectivity index (χ4v) is 1.74. The van der Waals surface area contributed by atoms with E-state index in [2.05, 4.69) is 10.6 Å². The van der Waals surface area contributed by atoms with E-state index in [-0.39, 0.29) is 0 Å². The minimum absolute atomic E-state index is 0.769. The van der Waals surface area contributed by atoms with E-state index in [1.54, 1.807) is 0 Å². The zero-order valence-corrected chi connectivity index (χ0v) is 7.10. The van der Waals surface area contributed by atoms with Gasteiger partial charge in [0.1, 0.15) is 0 Å². The van der Waals surface area contributed by atoms with Crippen molar-refractivity contribution < 1.29 is 0 Å². The largest absolute Gasteiger partial charge is 0.315 e. The van der Waals surface area contributed by atoms with Gasteiger partial charge < -0.3 is 10.6 Å². The van der Waals surface area contributed by atoms with Crippen LogP contribution >= 0.6 is 0 Å². The molecule has 0 aromatic heterocycles. The molecule has 1 aliphatic carbocycles. The third-order valence-corrected chi connectivity index (χ3v) is 2.60. The molecule has 1 saturated carbocycles. The van der Waals surface area contributed by atoms with Crippen molar-refractivity contribution in [2.24, 2.45) is 0 Å². The molecular formula is C9H18N2. The van der Waals surface area contributed by atoms with E-state index < -0.39 is 0 Å². The lowest BCUT2D eigenvalue weighted by molar-refractivity contribution is 0.472. The monoisotopic (exact) mass is 154 g/mol. The Bertz CT molecular complexity index is 113. The quantitative estimate of drug-likeness (QED) is 0.617. The zero-order valence-electron chi connectivity index (χ0n) is 7.10. The van der Waals surface area contributed by atoms with Crippen molar-refractivity contribution in [3.8, 4) is 0 Å². The first-order chi connectivity index (χ1) is 5.45. The average molecular weight is 154 g/mol. The van der Waals surface area contributed by atoms with E-state index in [1.807, 2.05) is 0 Å². The van der Waals surface area contributed by atoms with Gasteiger partial charge >= 0.3 is 0 Å². The third-order valence-electron chi connectivity index (χ3n) is 2.60. The Morgan fingerprint density at radius 2 is 1.91 bits per heavy atom. The summed E-state index contributed by atoms with van der Waals surface area (Å²) in [7, 11) is 0. The molecule has 11 heavy (non-hydrogen) atoms. The molecule has 0 aromatic rings. The topological polar surface area (TPSA) is 24.1 Å². The van der Waals surface area contributed by atoms with Gasteiger partial charge in [-0.2, -0.15) is 0 Å². The Morgan fingerprint density at radius 3 is 2.73 bits per heavy atom. The molecule has 0 bridgehead atoms. The van der Waals surface area contributed by atoms with Crippen LogP contribution in [0, 0.1) is 0 Å². The molecule has 1 saturated heterocycles. The van der Waals surface area contributed by atoms with Crippen LogP contribution in [-0.2, 0) is 0 Å². The van der Waals surface area contributed by atoms with Gasteiger partial charge in [0.25, 0.3) is 0 Å². The summed E-state index contributed by atoms with van der Waals surface area (Å²) in [6, 6.07) is 1.64. The molecule has 2 fully saturated rings. The summed E-state index contributed by atoms with van der Waals surface area (Å²) in [6.07, 6.45) is 6.97. The Kier molecular flexibility index (Phi) is 2.44. The van der Waals surface area contributed by atoms with Crippen LogP contribution in [0.3, 0.4) is 0 Å². The summed E-state index contributed by atoms with van der Waals surface area (Å²) in [6.45, 7) is 2.42. The maximum atomic E-state index is 3.67. The van der Waals surface area contributed by atoms with Crippen LogP contribution < -0.4 is 10.6 Å². The molecule has 0 radical (unpaired) electrons. The maximum Gasteiger partial charge on any atom is 0.0195 e. The van der Waals surface area contributed by atoms with E-state index in [1.165, 1.54) is 45.2 Å². The molecule has 0 spiro atoms. The molecule has 64 valence electrons. The molecule has 2 N–H and O–H groups in total. The second-order valence-electron chi connectivity index (χ2n) is 3.84. The van der Waals surface area contributed by atoms with Crippen LogP contribution in [0.15, 0.2) is 0 Å². The number of nitrogens with one attached hydrogen (secondary N) is 2. The lowest BCUT2D eigenvalue weighted by Crippen LogP contribution is -2.38. The van der Waals surface area contributed by atoms with Crippen LogP contribution in [-0.4, -0.2) is 25.2 Å². The van der Waals surface area contributed by atoms with Gasteiger partial charge in [0, 0.05) is 18.6 Å². The fraction of sp³-hybridized carbons (Fsp3) is 1.00. The van der Waals surface area contributed by atoms with Crippen molar-refractivity contribution in [1.29, 1.82) is 0 Å². The van der Waals surface area contributed by atoms with Gasteiger partial charge in [-0.05, 0) is 32.2 Å². The summed E-state index contributed by atoms with van der Waals surface area (Å²) in [5.41, 5.74) is 0. The summed E-state index contributed by atoms with van der Waals surface area (Å²) in [5.74, 6) is 0. The fourth-order valence-electron chi connectivity index (χ4n) is 1.74. The van der Waals surface area contributed by atoms with Gasteiger partial charge in [0.2, 0.25) is 0 Å². The molecule has 1 atom stereocenters. The first-order valence-electron chi connectivity index (χ1n) is 4.92. The predicted molar refractivity (Wildman–Crippen MR) is 46.7 cm³/mol. The SMILES string of the molecule is C1CCC(NC2CC2)CNC1. The van der Waals surface area contributed by atoms with Gasteiger partial charge in [-0.25, -0.2) is 0 Å². The Balaban J connectivity index is 1.71. The Morgan fingerprint density at radius 1 is 1.00 bits per heavy atom. The van der Waals surface area contributed by atoms with Crippen LogP contribution in [0.2, 0.25) is 0 Å². The minimum atomic E-state index is 0.769. The highest BCUT2D eigenvalue weighted by atomic mass is 15.0. The molecule has 0 amide bonds. The highest BCUT2D eigenvalue weighted by molar-refractivity contribution is 4.86. The number of rotatable bonds is 2. The summed E-state index contributed by atoms with van der Waals surface area (Å²) < 4.78 is 0. The second kappa shape index (κ2) is 3.55. The zero-order chi connectivity index (χ0) is 7.52. The van der Waals surface area contributed by atoms with Crippen molar-refractivity contribution in [3.63, 3.8) is 0 Å². The third kappa shape index (κ3) is 2.46. The molecule has 2 rings (SSSR count). The van der Waals surface area contributed by atoms with E-state index in [9.17, 15) is 0 Å². The minimum Gasteiger partial charge on any atom is -0.315 e. The second-order valence-corrected chi connectivity index (χ2v) is 3.84. The van der Waals surface area contributed by atoms with Crippen molar-refractivity contribution in [2.45, 2.75) is 44.2 Å². The Labute approximate surface area is 68.7 Å². The van der Waals surface area contributed by atoms with E-state index in [0.29, 0.717) is 0 Å². The van der Waals surface area contributed by atoms with Crippen molar-refractivity contribution in [1.82, 2.24) is 10.6 Å². The highest BCUT2D eigenvalue weighted by Gasteiger charge is 2.24. The van der Waals surface area contributed by atoms with E-state index in [0.717, 1.165) is 12.1 Å². The van der Waals surface area contributed by atoms with E-state index >= 15 is 0 Å². The number of hydrogen-bond donors (Lipinski definition) is 2. The van der Waals surface area contributed by atoms with E-state index in [4.69, 9.17) is 0 Å². The molecule has 0 aromatic carbocycles. The molecule has 1 aliphatic heterocycles. The summed E-state index contributed by atoms with van der Waals surface area (Å²) in [5, 5.41) is 7.14. The lowest BCUT2D eigenvalue weighted by Gasteiger charge is -2.15.